The standard InChI is InChI=1S/C17H18N2O8/c1-17(2,9-5-11(18(22)23)15(20)13(7-9)26-3)10-6-12(19(24)25)16(21)14(8-10)27-4/h5-8,20-21H,1-4H3. The molecule has 144 valence electrons. The van der Waals surface area contributed by atoms with Crippen molar-refractivity contribution in [1.82, 2.24) is 0 Å². The van der Waals surface area contributed by atoms with E-state index in [0.717, 1.165) is 0 Å². The van der Waals surface area contributed by atoms with Crippen LogP contribution in [0.5, 0.6) is 23.0 Å². The summed E-state index contributed by atoms with van der Waals surface area (Å²) in [6.45, 7) is 3.36. The molecule has 2 N–H and O–H groups in total. The molecule has 0 radical (unpaired) electrons. The summed E-state index contributed by atoms with van der Waals surface area (Å²) in [6.07, 6.45) is 0. The summed E-state index contributed by atoms with van der Waals surface area (Å²) < 4.78 is 10.0. The van der Waals surface area contributed by atoms with Crippen molar-refractivity contribution >= 4 is 11.4 Å². The number of nitro benzene ring substituents is 2. The van der Waals surface area contributed by atoms with Crippen LogP contribution in [0.15, 0.2) is 24.3 Å². The second kappa shape index (κ2) is 6.98. The second-order valence-electron chi connectivity index (χ2n) is 6.23. The van der Waals surface area contributed by atoms with Gasteiger partial charge in [0.15, 0.2) is 11.5 Å². The lowest BCUT2D eigenvalue weighted by molar-refractivity contribution is -0.386. The van der Waals surface area contributed by atoms with Crippen LogP contribution in [0.25, 0.3) is 0 Å². The number of phenols is 2. The summed E-state index contributed by atoms with van der Waals surface area (Å²) >= 11 is 0. The van der Waals surface area contributed by atoms with Crippen LogP contribution >= 0.6 is 0 Å². The third-order valence-electron chi connectivity index (χ3n) is 4.39. The van der Waals surface area contributed by atoms with E-state index in [4.69, 9.17) is 9.47 Å². The topological polar surface area (TPSA) is 145 Å². The van der Waals surface area contributed by atoms with E-state index in [1.54, 1.807) is 13.8 Å². The molecule has 2 rings (SSSR count). The number of hydrogen-bond acceptors (Lipinski definition) is 8. The zero-order chi connectivity index (χ0) is 20.5. The molecule has 2 aromatic rings. The number of methoxy groups -OCH3 is 2. The van der Waals surface area contributed by atoms with Gasteiger partial charge < -0.3 is 19.7 Å². The Morgan fingerprint density at radius 1 is 0.815 bits per heavy atom. The highest BCUT2D eigenvalue weighted by molar-refractivity contribution is 5.62. The molecule has 0 amide bonds. The Labute approximate surface area is 153 Å². The molecule has 0 aliphatic heterocycles. The lowest BCUT2D eigenvalue weighted by Crippen LogP contribution is -2.20. The maximum Gasteiger partial charge on any atom is 0.314 e. The van der Waals surface area contributed by atoms with Crippen LogP contribution in [0, 0.1) is 20.2 Å². The Morgan fingerprint density at radius 2 is 1.15 bits per heavy atom. The van der Waals surface area contributed by atoms with E-state index in [-0.39, 0.29) is 11.5 Å². The van der Waals surface area contributed by atoms with Crippen LogP contribution < -0.4 is 9.47 Å². The Kier molecular flexibility index (Phi) is 5.11. The lowest BCUT2D eigenvalue weighted by Gasteiger charge is -2.27. The minimum atomic E-state index is -0.989. The maximum atomic E-state index is 11.2. The largest absolute Gasteiger partial charge is 0.500 e. The molecule has 27 heavy (non-hydrogen) atoms. The zero-order valence-corrected chi connectivity index (χ0v) is 15.0. The number of rotatable bonds is 6. The van der Waals surface area contributed by atoms with Crippen LogP contribution in [0.3, 0.4) is 0 Å². The summed E-state index contributed by atoms with van der Waals surface area (Å²) in [7, 11) is 2.51. The molecular weight excluding hydrogens is 360 g/mol. The van der Waals surface area contributed by atoms with E-state index in [0.29, 0.717) is 11.1 Å². The van der Waals surface area contributed by atoms with E-state index in [1.807, 2.05) is 0 Å². The van der Waals surface area contributed by atoms with Crippen molar-refractivity contribution in [2.45, 2.75) is 19.3 Å². The molecule has 10 nitrogen and oxygen atoms in total. The molecule has 0 aromatic heterocycles. The van der Waals surface area contributed by atoms with Gasteiger partial charge in [0, 0.05) is 17.5 Å². The molecule has 2 aromatic carbocycles. The maximum absolute atomic E-state index is 11.2. The number of benzene rings is 2. The van der Waals surface area contributed by atoms with Gasteiger partial charge >= 0.3 is 11.4 Å². The second-order valence-corrected chi connectivity index (χ2v) is 6.23. The molecular formula is C17H18N2O8. The first kappa shape index (κ1) is 19.8. The van der Waals surface area contributed by atoms with Gasteiger partial charge in [-0.1, -0.05) is 13.8 Å². The molecule has 0 atom stereocenters. The molecule has 0 aliphatic carbocycles. The van der Waals surface area contributed by atoms with Crippen molar-refractivity contribution in [2.75, 3.05) is 14.2 Å². The van der Waals surface area contributed by atoms with Crippen molar-refractivity contribution in [2.24, 2.45) is 0 Å². The van der Waals surface area contributed by atoms with Gasteiger partial charge in [-0.25, -0.2) is 0 Å². The van der Waals surface area contributed by atoms with E-state index in [1.165, 1.54) is 38.5 Å². The molecule has 0 unspecified atom stereocenters. The Balaban J connectivity index is 2.76. The van der Waals surface area contributed by atoms with E-state index < -0.39 is 38.1 Å². The number of aromatic hydroxyl groups is 2. The highest BCUT2D eigenvalue weighted by atomic mass is 16.6. The summed E-state index contributed by atoms with van der Waals surface area (Å²) in [6, 6.07) is 5.16. The quantitative estimate of drug-likeness (QED) is 0.575. The molecule has 0 fully saturated rings. The average molecular weight is 378 g/mol. The summed E-state index contributed by atoms with van der Waals surface area (Å²) in [5.74, 6) is -1.44. The highest BCUT2D eigenvalue weighted by Crippen LogP contribution is 2.45. The van der Waals surface area contributed by atoms with Crippen molar-refractivity contribution in [3.8, 4) is 23.0 Å². The molecule has 0 saturated carbocycles. The minimum Gasteiger partial charge on any atom is -0.500 e. The fourth-order valence-electron chi connectivity index (χ4n) is 2.66. The van der Waals surface area contributed by atoms with Crippen LogP contribution in [0.1, 0.15) is 25.0 Å². The van der Waals surface area contributed by atoms with Gasteiger partial charge in [-0.3, -0.25) is 20.2 Å². The van der Waals surface area contributed by atoms with Crippen molar-refractivity contribution < 1.29 is 29.5 Å². The molecule has 10 heteroatoms. The summed E-state index contributed by atoms with van der Waals surface area (Å²) in [5, 5.41) is 42.4. The molecule has 0 bridgehead atoms. The monoisotopic (exact) mass is 378 g/mol. The van der Waals surface area contributed by atoms with Gasteiger partial charge in [0.05, 0.1) is 24.1 Å². The fourth-order valence-corrected chi connectivity index (χ4v) is 2.66. The molecule has 0 heterocycles. The van der Waals surface area contributed by atoms with Gasteiger partial charge in [-0.05, 0) is 23.3 Å². The Morgan fingerprint density at radius 3 is 1.41 bits per heavy atom. The smallest absolute Gasteiger partial charge is 0.314 e. The first-order valence-electron chi connectivity index (χ1n) is 7.66. The van der Waals surface area contributed by atoms with Crippen molar-refractivity contribution in [3.63, 3.8) is 0 Å². The first-order chi connectivity index (χ1) is 12.5. The number of nitro groups is 2. The van der Waals surface area contributed by atoms with Crippen molar-refractivity contribution in [1.29, 1.82) is 0 Å². The zero-order valence-electron chi connectivity index (χ0n) is 15.0. The number of hydrogen-bond donors (Lipinski definition) is 2. The van der Waals surface area contributed by atoms with Crippen LogP contribution in [0.2, 0.25) is 0 Å². The van der Waals surface area contributed by atoms with Crippen LogP contribution in [0.4, 0.5) is 11.4 Å². The number of ether oxygens (including phenoxy) is 2. The summed E-state index contributed by atoms with van der Waals surface area (Å²) in [4.78, 5) is 21.0. The van der Waals surface area contributed by atoms with Crippen molar-refractivity contribution in [3.05, 3.63) is 55.6 Å². The molecule has 0 aliphatic rings. The van der Waals surface area contributed by atoms with E-state index >= 15 is 0 Å². The third kappa shape index (κ3) is 3.41. The lowest BCUT2D eigenvalue weighted by atomic mass is 9.77. The number of phenolic OH excluding ortho intramolecular Hbond substituents is 2. The van der Waals surface area contributed by atoms with Crippen LogP contribution in [-0.2, 0) is 5.41 Å². The van der Waals surface area contributed by atoms with Gasteiger partial charge in [0.2, 0.25) is 11.5 Å². The Hall–Kier alpha value is -3.56. The van der Waals surface area contributed by atoms with Gasteiger partial charge in [0.25, 0.3) is 0 Å². The molecule has 0 spiro atoms. The first-order valence-corrected chi connectivity index (χ1v) is 7.66. The van der Waals surface area contributed by atoms with Crippen LogP contribution in [-0.4, -0.2) is 34.3 Å². The predicted molar refractivity (Wildman–Crippen MR) is 94.8 cm³/mol. The Bertz CT molecular complexity index is 850. The average Bonchev–Trinajstić information content (AvgIpc) is 2.61. The van der Waals surface area contributed by atoms with E-state index in [9.17, 15) is 30.4 Å². The minimum absolute atomic E-state index is 0.104. The van der Waals surface area contributed by atoms with E-state index in [2.05, 4.69) is 0 Å². The van der Waals surface area contributed by atoms with Gasteiger partial charge in [0.1, 0.15) is 0 Å². The summed E-state index contributed by atoms with van der Waals surface area (Å²) in [5.41, 5.74) is -1.37. The predicted octanol–water partition coefficient (Wildman–Crippen LogP) is 3.26. The SMILES string of the molecule is COc1cc(C(C)(C)c2cc(OC)c(O)c([N+](=O)[O-])c2)cc([N+](=O)[O-])c1O. The highest BCUT2D eigenvalue weighted by Gasteiger charge is 2.32. The van der Waals surface area contributed by atoms with Gasteiger partial charge in [-0.15, -0.1) is 0 Å². The third-order valence-corrected chi connectivity index (χ3v) is 4.39. The fraction of sp³-hybridized carbons (Fsp3) is 0.294. The molecule has 0 saturated heterocycles. The van der Waals surface area contributed by atoms with Gasteiger partial charge in [-0.2, -0.15) is 0 Å². The normalized spacial score (nSPS) is 11.1. The number of nitrogens with zero attached hydrogens (tertiary/aromatic N) is 2.